The summed E-state index contributed by atoms with van der Waals surface area (Å²) in [4.78, 5) is 30.4. The van der Waals surface area contributed by atoms with E-state index in [-0.39, 0.29) is 18.4 Å². The van der Waals surface area contributed by atoms with Crippen LogP contribution in [-0.4, -0.2) is 47.1 Å². The number of hydrogen-bond donors (Lipinski definition) is 1. The minimum atomic E-state index is -0.833. The molecule has 1 amide bonds. The van der Waals surface area contributed by atoms with Crippen molar-refractivity contribution in [3.8, 4) is 0 Å². The standard InChI is InChI=1S/C14H20N2O4S/c1-8-4-10(14(18)19)6-16(5-8)13(17)12-9(2)15-11(21-12)7-20-3/h8,10H,4-7H2,1-3H3,(H,18,19). The van der Waals surface area contributed by atoms with E-state index in [0.29, 0.717) is 30.1 Å². The van der Waals surface area contributed by atoms with Crippen molar-refractivity contribution in [3.63, 3.8) is 0 Å². The molecular formula is C14H20N2O4S. The Balaban J connectivity index is 2.16. The van der Waals surface area contributed by atoms with Gasteiger partial charge in [0.05, 0.1) is 18.2 Å². The third kappa shape index (κ3) is 3.59. The molecule has 0 radical (unpaired) electrons. The van der Waals surface area contributed by atoms with Gasteiger partial charge in [-0.05, 0) is 19.3 Å². The van der Waals surface area contributed by atoms with E-state index in [1.165, 1.54) is 11.3 Å². The number of thiazole rings is 1. The molecule has 2 atom stereocenters. The van der Waals surface area contributed by atoms with Gasteiger partial charge in [-0.3, -0.25) is 9.59 Å². The highest BCUT2D eigenvalue weighted by atomic mass is 32.1. The molecule has 0 spiro atoms. The molecular weight excluding hydrogens is 292 g/mol. The molecule has 0 saturated carbocycles. The van der Waals surface area contributed by atoms with E-state index in [1.807, 2.05) is 6.92 Å². The molecule has 1 aromatic rings. The highest BCUT2D eigenvalue weighted by Crippen LogP contribution is 2.26. The van der Waals surface area contributed by atoms with Crippen molar-refractivity contribution in [2.75, 3.05) is 20.2 Å². The first-order valence-electron chi connectivity index (χ1n) is 6.89. The summed E-state index contributed by atoms with van der Waals surface area (Å²) < 4.78 is 5.03. The zero-order chi connectivity index (χ0) is 15.6. The lowest BCUT2D eigenvalue weighted by atomic mass is 9.90. The van der Waals surface area contributed by atoms with E-state index in [0.717, 1.165) is 5.01 Å². The summed E-state index contributed by atoms with van der Waals surface area (Å²) in [5, 5.41) is 9.95. The number of aryl methyl sites for hydroxylation is 1. The second-order valence-corrected chi connectivity index (χ2v) is 6.62. The van der Waals surface area contributed by atoms with Crippen molar-refractivity contribution in [1.29, 1.82) is 0 Å². The zero-order valence-corrected chi connectivity index (χ0v) is 13.3. The van der Waals surface area contributed by atoms with Crippen LogP contribution >= 0.6 is 11.3 Å². The number of carbonyl (C=O) groups is 2. The van der Waals surface area contributed by atoms with Gasteiger partial charge in [-0.2, -0.15) is 0 Å². The molecule has 2 rings (SSSR count). The maximum atomic E-state index is 12.6. The monoisotopic (exact) mass is 312 g/mol. The topological polar surface area (TPSA) is 79.7 Å². The number of ether oxygens (including phenoxy) is 1. The molecule has 1 fully saturated rings. The Bertz CT molecular complexity index is 543. The SMILES string of the molecule is COCc1nc(C)c(C(=O)N2CC(C)CC(C(=O)O)C2)s1. The lowest BCUT2D eigenvalue weighted by Gasteiger charge is -2.34. The summed E-state index contributed by atoms with van der Waals surface area (Å²) in [6.45, 7) is 5.03. The van der Waals surface area contributed by atoms with Crippen LogP contribution in [0.5, 0.6) is 0 Å². The lowest BCUT2D eigenvalue weighted by molar-refractivity contribution is -0.143. The summed E-state index contributed by atoms with van der Waals surface area (Å²) >= 11 is 1.32. The van der Waals surface area contributed by atoms with Gasteiger partial charge in [0.15, 0.2) is 0 Å². The van der Waals surface area contributed by atoms with Gasteiger partial charge in [0, 0.05) is 20.2 Å². The Hall–Kier alpha value is -1.47. The molecule has 6 nitrogen and oxygen atoms in total. The Kier molecular flexibility index (Phi) is 4.95. The molecule has 21 heavy (non-hydrogen) atoms. The number of aliphatic carboxylic acids is 1. The Morgan fingerprint density at radius 2 is 2.19 bits per heavy atom. The number of hydrogen-bond acceptors (Lipinski definition) is 5. The van der Waals surface area contributed by atoms with Crippen LogP contribution in [0.4, 0.5) is 0 Å². The first-order chi connectivity index (χ1) is 9.92. The average molecular weight is 312 g/mol. The zero-order valence-electron chi connectivity index (χ0n) is 12.5. The van der Waals surface area contributed by atoms with E-state index in [4.69, 9.17) is 4.74 Å². The Morgan fingerprint density at radius 3 is 2.81 bits per heavy atom. The molecule has 1 aliphatic heterocycles. The molecule has 1 aromatic heterocycles. The van der Waals surface area contributed by atoms with Crippen molar-refractivity contribution >= 4 is 23.2 Å². The second kappa shape index (κ2) is 6.53. The van der Waals surface area contributed by atoms with E-state index < -0.39 is 11.9 Å². The third-order valence-corrected chi connectivity index (χ3v) is 4.72. The van der Waals surface area contributed by atoms with Gasteiger partial charge in [0.1, 0.15) is 9.88 Å². The van der Waals surface area contributed by atoms with E-state index in [2.05, 4.69) is 4.98 Å². The number of carboxylic acids is 1. The van der Waals surface area contributed by atoms with Gasteiger partial charge in [-0.15, -0.1) is 11.3 Å². The number of piperidine rings is 1. The van der Waals surface area contributed by atoms with Crippen LogP contribution in [0.15, 0.2) is 0 Å². The average Bonchev–Trinajstić information content (AvgIpc) is 2.78. The van der Waals surface area contributed by atoms with Crippen LogP contribution in [0.2, 0.25) is 0 Å². The van der Waals surface area contributed by atoms with Crippen molar-refractivity contribution < 1.29 is 19.4 Å². The van der Waals surface area contributed by atoms with E-state index >= 15 is 0 Å². The first kappa shape index (κ1) is 15.9. The van der Waals surface area contributed by atoms with Crippen LogP contribution in [0.3, 0.4) is 0 Å². The molecule has 116 valence electrons. The second-order valence-electron chi connectivity index (χ2n) is 5.54. The van der Waals surface area contributed by atoms with Gasteiger partial charge >= 0.3 is 5.97 Å². The summed E-state index contributed by atoms with van der Waals surface area (Å²) in [5.41, 5.74) is 0.683. The normalized spacial score (nSPS) is 22.3. The first-order valence-corrected chi connectivity index (χ1v) is 7.71. The molecule has 1 saturated heterocycles. The molecule has 1 aliphatic rings. The van der Waals surface area contributed by atoms with Gasteiger partial charge in [-0.1, -0.05) is 6.92 Å². The van der Waals surface area contributed by atoms with Crippen molar-refractivity contribution in [2.45, 2.75) is 26.9 Å². The minimum absolute atomic E-state index is 0.120. The number of carbonyl (C=O) groups excluding carboxylic acids is 1. The highest BCUT2D eigenvalue weighted by Gasteiger charge is 2.33. The minimum Gasteiger partial charge on any atom is -0.481 e. The fourth-order valence-corrected chi connectivity index (χ4v) is 3.68. The van der Waals surface area contributed by atoms with Gasteiger partial charge in [-0.25, -0.2) is 4.98 Å². The molecule has 7 heteroatoms. The third-order valence-electron chi connectivity index (χ3n) is 3.60. The largest absolute Gasteiger partial charge is 0.481 e. The quantitative estimate of drug-likeness (QED) is 0.916. The summed E-state index contributed by atoms with van der Waals surface area (Å²) in [7, 11) is 1.59. The molecule has 0 bridgehead atoms. The molecule has 0 aromatic carbocycles. The molecule has 0 aliphatic carbocycles. The van der Waals surface area contributed by atoms with Crippen LogP contribution < -0.4 is 0 Å². The van der Waals surface area contributed by atoms with Gasteiger partial charge in [0.2, 0.25) is 0 Å². The smallest absolute Gasteiger partial charge is 0.308 e. The number of rotatable bonds is 4. The van der Waals surface area contributed by atoms with Crippen molar-refractivity contribution in [3.05, 3.63) is 15.6 Å². The maximum Gasteiger partial charge on any atom is 0.308 e. The van der Waals surface area contributed by atoms with Crippen molar-refractivity contribution in [2.24, 2.45) is 11.8 Å². The number of carboxylic acid groups (broad SMARTS) is 1. The van der Waals surface area contributed by atoms with Gasteiger partial charge < -0.3 is 14.7 Å². The molecule has 2 unspecified atom stereocenters. The predicted octanol–water partition coefficient (Wildman–Crippen LogP) is 1.78. The van der Waals surface area contributed by atoms with Crippen molar-refractivity contribution in [1.82, 2.24) is 9.88 Å². The number of aromatic nitrogens is 1. The Morgan fingerprint density at radius 1 is 1.48 bits per heavy atom. The van der Waals surface area contributed by atoms with E-state index in [9.17, 15) is 14.7 Å². The predicted molar refractivity (Wildman–Crippen MR) is 78.4 cm³/mol. The fraction of sp³-hybridized carbons (Fsp3) is 0.643. The van der Waals surface area contributed by atoms with Crippen LogP contribution in [0, 0.1) is 18.8 Å². The molecule has 1 N–H and O–H groups in total. The van der Waals surface area contributed by atoms with Crippen LogP contribution in [0.25, 0.3) is 0 Å². The van der Waals surface area contributed by atoms with E-state index in [1.54, 1.807) is 18.9 Å². The van der Waals surface area contributed by atoms with Crippen LogP contribution in [0.1, 0.15) is 33.7 Å². The number of amides is 1. The summed E-state index contributed by atoms with van der Waals surface area (Å²) in [6.07, 6.45) is 0.621. The van der Waals surface area contributed by atoms with Crippen LogP contribution in [-0.2, 0) is 16.1 Å². The fourth-order valence-electron chi connectivity index (χ4n) is 2.68. The number of likely N-dealkylation sites (tertiary alicyclic amines) is 1. The summed E-state index contributed by atoms with van der Waals surface area (Å²) in [6, 6.07) is 0. The number of methoxy groups -OCH3 is 1. The summed E-state index contributed by atoms with van der Waals surface area (Å²) in [5.74, 6) is -1.24. The highest BCUT2D eigenvalue weighted by molar-refractivity contribution is 7.13. The van der Waals surface area contributed by atoms with Gasteiger partial charge in [0.25, 0.3) is 5.91 Å². The maximum absolute atomic E-state index is 12.6. The Labute approximate surface area is 127 Å². The molecule has 2 heterocycles. The number of nitrogens with zero attached hydrogens (tertiary/aromatic N) is 2. The lowest BCUT2D eigenvalue weighted by Crippen LogP contribution is -2.45.